The van der Waals surface area contributed by atoms with E-state index in [1.165, 1.54) is 11.1 Å². The molecule has 1 aliphatic rings. The Morgan fingerprint density at radius 2 is 1.80 bits per heavy atom. The molecule has 25 heavy (non-hydrogen) atoms. The number of nitrogens with zero attached hydrogens (tertiary/aromatic N) is 2. The first-order valence-corrected chi connectivity index (χ1v) is 8.07. The molecule has 0 aromatic heterocycles. The lowest BCUT2D eigenvalue weighted by atomic mass is 10.1. The zero-order chi connectivity index (χ0) is 17.8. The van der Waals surface area contributed by atoms with Gasteiger partial charge in [-0.15, -0.1) is 0 Å². The number of hydrogen-bond acceptors (Lipinski definition) is 5. The molecule has 3 rings (SSSR count). The van der Waals surface area contributed by atoms with Gasteiger partial charge in [-0.3, -0.25) is 19.9 Å². The number of carbonyl (C=O) groups is 2. The Kier molecular flexibility index (Phi) is 4.85. The normalized spacial score (nSPS) is 17.7. The van der Waals surface area contributed by atoms with Crippen LogP contribution in [0.1, 0.15) is 5.56 Å². The Morgan fingerprint density at radius 1 is 1.12 bits per heavy atom. The molecule has 2 aromatic rings. The third kappa shape index (κ3) is 3.72. The average molecular weight is 352 g/mol. The van der Waals surface area contributed by atoms with Crippen LogP contribution in [0.25, 0.3) is 0 Å². The molecule has 0 radical (unpaired) electrons. The molecule has 1 aliphatic heterocycles. The number of thiocarbonyl (C=S) groups is 1. The molecule has 0 spiro atoms. The van der Waals surface area contributed by atoms with E-state index in [0.29, 0.717) is 5.69 Å². The molecule has 1 saturated heterocycles. The molecule has 2 amide bonds. The molecular formula is C18H16N4O2S. The third-order valence-electron chi connectivity index (χ3n) is 3.69. The van der Waals surface area contributed by atoms with E-state index in [4.69, 9.17) is 12.2 Å². The van der Waals surface area contributed by atoms with Gasteiger partial charge in [0.25, 0.3) is 5.91 Å². The Balaban J connectivity index is 1.79. The van der Waals surface area contributed by atoms with Crippen molar-refractivity contribution in [2.75, 3.05) is 10.3 Å². The molecule has 2 N–H and O–H groups in total. The molecule has 0 unspecified atom stereocenters. The number of para-hydroxylation sites is 1. The van der Waals surface area contributed by atoms with Crippen molar-refractivity contribution in [3.05, 3.63) is 60.2 Å². The van der Waals surface area contributed by atoms with Crippen molar-refractivity contribution in [1.82, 2.24) is 5.32 Å². The number of amides is 2. The third-order valence-corrected chi connectivity index (χ3v) is 3.97. The number of carbonyl (C=O) groups excluding carboxylic acids is 2. The van der Waals surface area contributed by atoms with Gasteiger partial charge in [0.2, 0.25) is 5.91 Å². The highest BCUT2D eigenvalue weighted by Crippen LogP contribution is 2.20. The van der Waals surface area contributed by atoms with E-state index in [1.54, 1.807) is 12.1 Å². The monoisotopic (exact) mass is 352 g/mol. The van der Waals surface area contributed by atoms with Gasteiger partial charge >= 0.3 is 0 Å². The summed E-state index contributed by atoms with van der Waals surface area (Å²) in [6.07, 6.45) is 1.29. The second-order valence-electron chi connectivity index (χ2n) is 5.54. The first-order valence-electron chi connectivity index (χ1n) is 7.66. The van der Waals surface area contributed by atoms with Crippen molar-refractivity contribution in [3.8, 4) is 0 Å². The van der Waals surface area contributed by atoms with Crippen molar-refractivity contribution >= 4 is 46.7 Å². The first kappa shape index (κ1) is 16.8. The van der Waals surface area contributed by atoms with Crippen LogP contribution in [0, 0.1) is 12.8 Å². The molecule has 1 heterocycles. The first-order chi connectivity index (χ1) is 12.1. The minimum absolute atomic E-state index is 0.0690. The van der Waals surface area contributed by atoms with Crippen LogP contribution in [0.4, 0.5) is 11.4 Å². The van der Waals surface area contributed by atoms with Crippen LogP contribution in [0.3, 0.4) is 0 Å². The number of aryl methyl sites for hydroxylation is 1. The van der Waals surface area contributed by atoms with Crippen molar-refractivity contribution in [1.29, 1.82) is 0 Å². The highest BCUT2D eigenvalue weighted by atomic mass is 32.1. The van der Waals surface area contributed by atoms with Crippen LogP contribution in [0.2, 0.25) is 0 Å². The van der Waals surface area contributed by atoms with Gasteiger partial charge < -0.3 is 5.32 Å². The van der Waals surface area contributed by atoms with E-state index in [0.717, 1.165) is 11.3 Å². The van der Waals surface area contributed by atoms with E-state index in [-0.39, 0.29) is 5.11 Å². The summed E-state index contributed by atoms with van der Waals surface area (Å²) in [5.41, 5.74) is 5.22. The fourth-order valence-electron chi connectivity index (χ4n) is 2.36. The van der Waals surface area contributed by atoms with Gasteiger partial charge in [0, 0.05) is 6.21 Å². The number of anilines is 2. The Bertz CT molecular complexity index is 834. The molecule has 1 fully saturated rings. The summed E-state index contributed by atoms with van der Waals surface area (Å²) in [6.45, 7) is 1.95. The van der Waals surface area contributed by atoms with E-state index in [1.807, 2.05) is 49.4 Å². The van der Waals surface area contributed by atoms with Gasteiger partial charge in [-0.1, -0.05) is 35.9 Å². The molecule has 0 saturated carbocycles. The summed E-state index contributed by atoms with van der Waals surface area (Å²) < 4.78 is 0. The zero-order valence-electron chi connectivity index (χ0n) is 13.5. The molecule has 6 nitrogen and oxygen atoms in total. The van der Waals surface area contributed by atoms with Crippen molar-refractivity contribution in [2.45, 2.75) is 6.92 Å². The van der Waals surface area contributed by atoms with Crippen molar-refractivity contribution in [2.24, 2.45) is 11.0 Å². The van der Waals surface area contributed by atoms with Gasteiger partial charge in [-0.05, 0) is 43.4 Å². The second-order valence-corrected chi connectivity index (χ2v) is 5.92. The summed E-state index contributed by atoms with van der Waals surface area (Å²) in [4.78, 5) is 26.2. The van der Waals surface area contributed by atoms with Gasteiger partial charge in [0.05, 0.1) is 11.4 Å². The standard InChI is InChI=1S/C18H16N4O2S/c1-12-7-9-14(10-8-12)22-17(24)15(16(23)20-18(22)25)11-19-21-13-5-3-2-4-6-13/h2-11,15,21H,1H3,(H,20,23,25)/b19-11+/t15-/m0/s1. The summed E-state index contributed by atoms with van der Waals surface area (Å²) >= 11 is 5.15. The van der Waals surface area contributed by atoms with Crippen LogP contribution in [-0.2, 0) is 9.59 Å². The van der Waals surface area contributed by atoms with Crippen LogP contribution in [0.15, 0.2) is 59.7 Å². The zero-order valence-corrected chi connectivity index (χ0v) is 14.3. The molecule has 0 aliphatic carbocycles. The predicted molar refractivity (Wildman–Crippen MR) is 101 cm³/mol. The lowest BCUT2D eigenvalue weighted by molar-refractivity contribution is -0.130. The van der Waals surface area contributed by atoms with Crippen LogP contribution in [0.5, 0.6) is 0 Å². The Labute approximate surface area is 150 Å². The predicted octanol–water partition coefficient (Wildman–Crippen LogP) is 2.46. The number of benzene rings is 2. The average Bonchev–Trinajstić information content (AvgIpc) is 2.60. The summed E-state index contributed by atoms with van der Waals surface area (Å²) in [5.74, 6) is -1.97. The van der Waals surface area contributed by atoms with E-state index >= 15 is 0 Å². The lowest BCUT2D eigenvalue weighted by Gasteiger charge is -2.30. The maximum absolute atomic E-state index is 12.7. The number of hydrogen-bond donors (Lipinski definition) is 2. The Morgan fingerprint density at radius 3 is 2.48 bits per heavy atom. The maximum Gasteiger partial charge on any atom is 0.251 e. The molecule has 126 valence electrons. The smallest absolute Gasteiger partial charge is 0.251 e. The van der Waals surface area contributed by atoms with Gasteiger partial charge in [0.1, 0.15) is 0 Å². The van der Waals surface area contributed by atoms with Crippen LogP contribution in [-0.4, -0.2) is 23.1 Å². The van der Waals surface area contributed by atoms with Crippen molar-refractivity contribution in [3.63, 3.8) is 0 Å². The number of nitrogens with one attached hydrogen (secondary N) is 2. The van der Waals surface area contributed by atoms with E-state index in [9.17, 15) is 9.59 Å². The summed E-state index contributed by atoms with van der Waals surface area (Å²) in [5, 5.41) is 6.63. The minimum Gasteiger partial charge on any atom is -0.301 e. The summed E-state index contributed by atoms with van der Waals surface area (Å²) in [6, 6.07) is 16.6. The fourth-order valence-corrected chi connectivity index (χ4v) is 2.66. The highest BCUT2D eigenvalue weighted by molar-refractivity contribution is 7.80. The largest absolute Gasteiger partial charge is 0.301 e. The van der Waals surface area contributed by atoms with Crippen LogP contribution < -0.4 is 15.6 Å². The molecule has 2 aromatic carbocycles. The van der Waals surface area contributed by atoms with Crippen molar-refractivity contribution < 1.29 is 9.59 Å². The SMILES string of the molecule is Cc1ccc(N2C(=O)[C@@H](/C=N/Nc3ccccc3)C(=O)NC2=S)cc1. The molecule has 0 bridgehead atoms. The molecule has 7 heteroatoms. The lowest BCUT2D eigenvalue weighted by Crippen LogP contribution is -2.58. The molecule has 1 atom stereocenters. The van der Waals surface area contributed by atoms with Crippen LogP contribution >= 0.6 is 12.2 Å². The van der Waals surface area contributed by atoms with Gasteiger partial charge in [-0.25, -0.2) is 0 Å². The van der Waals surface area contributed by atoms with Gasteiger partial charge in [-0.2, -0.15) is 5.10 Å². The minimum atomic E-state index is -1.05. The summed E-state index contributed by atoms with van der Waals surface area (Å²) in [7, 11) is 0. The van der Waals surface area contributed by atoms with E-state index in [2.05, 4.69) is 15.8 Å². The van der Waals surface area contributed by atoms with E-state index < -0.39 is 17.7 Å². The topological polar surface area (TPSA) is 73.8 Å². The number of rotatable bonds is 4. The maximum atomic E-state index is 12.7. The second kappa shape index (κ2) is 7.23. The highest BCUT2D eigenvalue weighted by Gasteiger charge is 2.38. The molecular weight excluding hydrogens is 336 g/mol. The van der Waals surface area contributed by atoms with Gasteiger partial charge in [0.15, 0.2) is 11.0 Å². The number of hydrazone groups is 1. The Hall–Kier alpha value is -3.06. The fraction of sp³-hybridized carbons (Fsp3) is 0.111. The quantitative estimate of drug-likeness (QED) is 0.384.